The lowest BCUT2D eigenvalue weighted by Crippen LogP contribution is -2.36. The molecule has 2 aliphatic rings. The fourth-order valence-corrected chi connectivity index (χ4v) is 6.94. The van der Waals surface area contributed by atoms with Crippen LogP contribution in [-0.2, 0) is 0 Å². The molecule has 0 saturated heterocycles. The summed E-state index contributed by atoms with van der Waals surface area (Å²) in [6.07, 6.45) is 11.6. The molecule has 0 bridgehead atoms. The minimum Gasteiger partial charge on any atom is -0.108 e. The smallest absolute Gasteiger partial charge is 0.108 e. The van der Waals surface area contributed by atoms with Gasteiger partial charge < -0.3 is 0 Å². The molecule has 6 atom stereocenters. The topological polar surface area (TPSA) is 0 Å². The van der Waals surface area contributed by atoms with Crippen molar-refractivity contribution in [2.75, 3.05) is 0 Å². The normalized spacial score (nSPS) is 34.2. The third-order valence-electron chi connectivity index (χ3n) is 8.76. The molecule has 0 heterocycles. The Balaban J connectivity index is 2.17. The summed E-state index contributed by atoms with van der Waals surface area (Å²) in [4.78, 5) is 0. The first-order chi connectivity index (χ1) is 13.1. The number of rotatable bonds is 8. The lowest BCUT2D eigenvalue weighted by atomic mass is 9.33. The van der Waals surface area contributed by atoms with E-state index in [0.29, 0.717) is 5.92 Å². The van der Waals surface area contributed by atoms with Gasteiger partial charge in [0.25, 0.3) is 0 Å². The van der Waals surface area contributed by atoms with Gasteiger partial charge in [0.1, 0.15) is 0 Å². The fourth-order valence-electron chi connectivity index (χ4n) is 6.94. The van der Waals surface area contributed by atoms with Crippen molar-refractivity contribution in [2.24, 2.45) is 53.3 Å². The maximum atomic E-state index is 4.66. The molecule has 2 saturated carbocycles. The van der Waals surface area contributed by atoms with Crippen LogP contribution in [0.1, 0.15) is 93.9 Å². The average Bonchev–Trinajstić information content (AvgIpc) is 2.60. The zero-order valence-electron chi connectivity index (χ0n) is 20.6. The summed E-state index contributed by atoms with van der Waals surface area (Å²) >= 11 is 0. The van der Waals surface area contributed by atoms with E-state index in [-0.39, 0.29) is 0 Å². The van der Waals surface area contributed by atoms with Gasteiger partial charge in [-0.05, 0) is 78.9 Å². The molecule has 0 spiro atoms. The van der Waals surface area contributed by atoms with E-state index in [1.54, 1.807) is 5.47 Å². The van der Waals surface area contributed by atoms with Crippen LogP contribution in [0.15, 0.2) is 12.1 Å². The molecular formula is C27H51B. The van der Waals surface area contributed by atoms with Gasteiger partial charge in [0.05, 0.1) is 0 Å². The van der Waals surface area contributed by atoms with E-state index in [1.807, 2.05) is 0 Å². The Morgan fingerprint density at radius 3 is 1.46 bits per heavy atom. The van der Waals surface area contributed by atoms with E-state index in [0.717, 1.165) is 54.1 Å². The largest absolute Gasteiger partial charge is 0.170 e. The predicted molar refractivity (Wildman–Crippen MR) is 129 cm³/mol. The summed E-state index contributed by atoms with van der Waals surface area (Å²) in [5, 5.41) is 0. The molecule has 28 heavy (non-hydrogen) atoms. The third-order valence-corrected chi connectivity index (χ3v) is 8.76. The highest BCUT2D eigenvalue weighted by Gasteiger charge is 2.38. The van der Waals surface area contributed by atoms with Gasteiger partial charge >= 0.3 is 0 Å². The molecule has 0 aliphatic heterocycles. The molecule has 0 aromatic carbocycles. The number of hydrogen-bond acceptors (Lipinski definition) is 0. The summed E-state index contributed by atoms with van der Waals surface area (Å²) in [6.45, 7) is 25.0. The van der Waals surface area contributed by atoms with Crippen molar-refractivity contribution in [3.8, 4) is 0 Å². The molecule has 0 nitrogen and oxygen atoms in total. The lowest BCUT2D eigenvalue weighted by molar-refractivity contribution is 0.151. The van der Waals surface area contributed by atoms with E-state index in [4.69, 9.17) is 0 Å². The van der Waals surface area contributed by atoms with Crippen LogP contribution >= 0.6 is 0 Å². The molecule has 162 valence electrons. The molecule has 2 rings (SSSR count). The van der Waals surface area contributed by atoms with Gasteiger partial charge in [-0.3, -0.25) is 0 Å². The molecule has 1 heteroatoms. The molecule has 0 radical (unpaired) electrons. The van der Waals surface area contributed by atoms with Crippen molar-refractivity contribution < 1.29 is 0 Å². The van der Waals surface area contributed by atoms with Crippen LogP contribution in [0.25, 0.3) is 0 Å². The molecule has 0 N–H and O–H groups in total. The van der Waals surface area contributed by atoms with Gasteiger partial charge in [-0.2, -0.15) is 0 Å². The quantitative estimate of drug-likeness (QED) is 0.366. The molecule has 0 aromatic heterocycles. The van der Waals surface area contributed by atoms with Crippen LogP contribution in [0.3, 0.4) is 0 Å². The third kappa shape index (κ3) is 6.40. The standard InChI is InChI=1S/C27H51B/c1-18(2)23(9)28(16-24-14-21(7)10-12-26(24)19(3)4)17-25-15-22(8)11-13-27(25)20(5)6/h18-22,24-27H,9-17H2,1-8H3/t21-,22-,24-,25-,26+,27+/m1/s1. The fraction of sp³-hybridized carbons (Fsp3) is 0.926. The summed E-state index contributed by atoms with van der Waals surface area (Å²) in [5.41, 5.74) is 1.56. The second-order valence-corrected chi connectivity index (χ2v) is 12.1. The van der Waals surface area contributed by atoms with E-state index in [9.17, 15) is 0 Å². The van der Waals surface area contributed by atoms with Crippen LogP contribution < -0.4 is 0 Å². The minimum absolute atomic E-state index is 0.627. The SMILES string of the molecule is C=C(B(C[C@H]1C[C@H](C)CC[C@H]1C(C)C)C[C@H]1C[C@H](C)CC[C@H]1C(C)C)C(C)C. The summed E-state index contributed by atoms with van der Waals surface area (Å²) in [5.74, 6) is 7.85. The highest BCUT2D eigenvalue weighted by atomic mass is 14.4. The minimum atomic E-state index is 0.627. The van der Waals surface area contributed by atoms with Gasteiger partial charge in [0, 0.05) is 0 Å². The first-order valence-electron chi connectivity index (χ1n) is 12.8. The van der Waals surface area contributed by atoms with Gasteiger partial charge in [-0.1, -0.05) is 80.9 Å². The zero-order chi connectivity index (χ0) is 21.0. The van der Waals surface area contributed by atoms with Crippen molar-refractivity contribution in [3.05, 3.63) is 12.1 Å². The zero-order valence-corrected chi connectivity index (χ0v) is 20.6. The van der Waals surface area contributed by atoms with Crippen LogP contribution in [0.5, 0.6) is 0 Å². The lowest BCUT2D eigenvalue weighted by Gasteiger charge is -2.42. The summed E-state index contributed by atoms with van der Waals surface area (Å²) < 4.78 is 0. The van der Waals surface area contributed by atoms with Gasteiger partial charge in [0.15, 0.2) is 6.71 Å². The Morgan fingerprint density at radius 1 is 0.750 bits per heavy atom. The van der Waals surface area contributed by atoms with E-state index >= 15 is 0 Å². The molecule has 2 aliphatic carbocycles. The number of allylic oxidation sites excluding steroid dienone is 1. The van der Waals surface area contributed by atoms with Crippen molar-refractivity contribution >= 4 is 6.71 Å². The van der Waals surface area contributed by atoms with Gasteiger partial charge in [-0.25, -0.2) is 0 Å². The Morgan fingerprint density at radius 2 is 1.14 bits per heavy atom. The van der Waals surface area contributed by atoms with Crippen molar-refractivity contribution in [3.63, 3.8) is 0 Å². The Bertz CT molecular complexity index is 443. The van der Waals surface area contributed by atoms with Crippen molar-refractivity contribution in [1.29, 1.82) is 0 Å². The summed E-state index contributed by atoms with van der Waals surface area (Å²) in [6, 6.07) is 0. The Hall–Kier alpha value is -0.195. The van der Waals surface area contributed by atoms with Crippen LogP contribution in [0, 0.1) is 53.3 Å². The number of hydrogen-bond donors (Lipinski definition) is 0. The van der Waals surface area contributed by atoms with Crippen molar-refractivity contribution in [1.82, 2.24) is 0 Å². The van der Waals surface area contributed by atoms with E-state index < -0.39 is 0 Å². The first kappa shape index (κ1) is 24.1. The monoisotopic (exact) mass is 386 g/mol. The molecular weight excluding hydrogens is 335 g/mol. The average molecular weight is 387 g/mol. The van der Waals surface area contributed by atoms with Gasteiger partial charge in [0.2, 0.25) is 0 Å². The van der Waals surface area contributed by atoms with Crippen molar-refractivity contribution in [2.45, 2.75) is 107 Å². The van der Waals surface area contributed by atoms with Crippen LogP contribution in [0.4, 0.5) is 0 Å². The van der Waals surface area contributed by atoms with E-state index in [2.05, 4.69) is 62.0 Å². The Kier molecular flexibility index (Phi) is 9.22. The molecule has 0 amide bonds. The predicted octanol–water partition coefficient (Wildman–Crippen LogP) is 8.65. The van der Waals surface area contributed by atoms with E-state index in [1.165, 1.54) is 51.2 Å². The molecule has 2 fully saturated rings. The van der Waals surface area contributed by atoms with Crippen LogP contribution in [0.2, 0.25) is 12.6 Å². The second-order valence-electron chi connectivity index (χ2n) is 12.1. The molecule has 0 aromatic rings. The molecule has 0 unspecified atom stereocenters. The highest BCUT2D eigenvalue weighted by molar-refractivity contribution is 6.66. The maximum absolute atomic E-state index is 4.66. The maximum Gasteiger partial charge on any atom is 0.170 e. The Labute approximate surface area is 178 Å². The second kappa shape index (κ2) is 10.7. The first-order valence-corrected chi connectivity index (χ1v) is 12.8. The van der Waals surface area contributed by atoms with Gasteiger partial charge in [-0.15, -0.1) is 12.1 Å². The van der Waals surface area contributed by atoms with Crippen LogP contribution in [-0.4, -0.2) is 6.71 Å². The summed E-state index contributed by atoms with van der Waals surface area (Å²) in [7, 11) is 0. The highest BCUT2D eigenvalue weighted by Crippen LogP contribution is 2.45.